The second-order valence-electron chi connectivity index (χ2n) is 11.0. The topological polar surface area (TPSA) is 85.8 Å². The number of amides is 3. The van der Waals surface area contributed by atoms with Crippen LogP contribution in [0.15, 0.2) is 35.5 Å². The first-order chi connectivity index (χ1) is 17.2. The van der Waals surface area contributed by atoms with E-state index in [0.717, 1.165) is 24.2 Å². The molecule has 9 heteroatoms. The second-order valence-corrected chi connectivity index (χ2v) is 11.0. The molecule has 1 aromatic carbocycles. The Morgan fingerprint density at radius 1 is 0.917 bits per heavy atom. The summed E-state index contributed by atoms with van der Waals surface area (Å²) in [5.74, 6) is 0.107. The van der Waals surface area contributed by atoms with Crippen LogP contribution in [-0.4, -0.2) is 101 Å². The minimum Gasteiger partial charge on any atom is -0.444 e. The molecule has 0 radical (unpaired) electrons. The number of hydrogen-bond acceptors (Lipinski definition) is 6. The molecule has 2 fully saturated rings. The van der Waals surface area contributed by atoms with Crippen molar-refractivity contribution in [2.24, 2.45) is 4.99 Å². The van der Waals surface area contributed by atoms with Gasteiger partial charge in [0, 0.05) is 76.6 Å². The van der Waals surface area contributed by atoms with E-state index in [1.165, 1.54) is 0 Å². The number of piperazine rings is 1. The zero-order valence-corrected chi connectivity index (χ0v) is 21.4. The number of hydrogen-bond donors (Lipinski definition) is 0. The first-order valence-corrected chi connectivity index (χ1v) is 12.8. The zero-order chi connectivity index (χ0) is 25.4. The van der Waals surface area contributed by atoms with Gasteiger partial charge >= 0.3 is 6.09 Å². The summed E-state index contributed by atoms with van der Waals surface area (Å²) >= 11 is 0. The zero-order valence-electron chi connectivity index (χ0n) is 21.4. The molecule has 0 spiro atoms. The molecule has 4 heterocycles. The Morgan fingerprint density at radius 2 is 1.67 bits per heavy atom. The van der Waals surface area contributed by atoms with Crippen LogP contribution in [0.4, 0.5) is 4.79 Å². The lowest BCUT2D eigenvalue weighted by Crippen LogP contribution is -2.64. The van der Waals surface area contributed by atoms with Crippen molar-refractivity contribution in [3.63, 3.8) is 0 Å². The van der Waals surface area contributed by atoms with Crippen LogP contribution < -0.4 is 0 Å². The molecule has 4 aliphatic heterocycles. The van der Waals surface area contributed by atoms with Crippen LogP contribution in [0.1, 0.15) is 48.7 Å². The van der Waals surface area contributed by atoms with E-state index in [1.54, 1.807) is 11.1 Å². The Kier molecular flexibility index (Phi) is 6.59. The van der Waals surface area contributed by atoms with E-state index in [9.17, 15) is 14.4 Å². The summed E-state index contributed by atoms with van der Waals surface area (Å²) in [5, 5.41) is 0. The largest absolute Gasteiger partial charge is 0.444 e. The molecule has 0 aliphatic carbocycles. The predicted molar refractivity (Wildman–Crippen MR) is 136 cm³/mol. The number of benzene rings is 1. The first-order valence-electron chi connectivity index (χ1n) is 12.8. The van der Waals surface area contributed by atoms with E-state index >= 15 is 0 Å². The van der Waals surface area contributed by atoms with Gasteiger partial charge in [0.15, 0.2) is 0 Å². The quantitative estimate of drug-likeness (QED) is 0.645. The molecular weight excluding hydrogens is 458 g/mol. The molecule has 1 aromatic rings. The maximum atomic E-state index is 13.1. The minimum atomic E-state index is -0.518. The maximum absolute atomic E-state index is 13.1. The van der Waals surface area contributed by atoms with E-state index in [1.807, 2.05) is 54.8 Å². The second kappa shape index (κ2) is 9.69. The fourth-order valence-corrected chi connectivity index (χ4v) is 5.18. The molecule has 0 N–H and O–H groups in total. The highest BCUT2D eigenvalue weighted by Gasteiger charge is 2.37. The van der Waals surface area contributed by atoms with Crippen LogP contribution in [0.2, 0.25) is 0 Å². The van der Waals surface area contributed by atoms with E-state index in [-0.39, 0.29) is 17.9 Å². The van der Waals surface area contributed by atoms with E-state index in [2.05, 4.69) is 9.89 Å². The summed E-state index contributed by atoms with van der Waals surface area (Å²) in [5.41, 5.74) is 3.01. The molecule has 0 unspecified atom stereocenters. The Labute approximate surface area is 212 Å². The Bertz CT molecular complexity index is 1110. The molecule has 9 nitrogen and oxygen atoms in total. The lowest BCUT2D eigenvalue weighted by atomic mass is 9.96. The lowest BCUT2D eigenvalue weighted by molar-refractivity contribution is -0.126. The number of fused-ring (bicyclic) bond motifs is 1. The summed E-state index contributed by atoms with van der Waals surface area (Å²) in [6.07, 6.45) is 4.65. The summed E-state index contributed by atoms with van der Waals surface area (Å²) in [4.78, 5) is 50.1. The van der Waals surface area contributed by atoms with Gasteiger partial charge in [0.1, 0.15) is 11.3 Å². The molecule has 4 aliphatic rings. The fourth-order valence-electron chi connectivity index (χ4n) is 5.18. The highest BCUT2D eigenvalue weighted by Crippen LogP contribution is 2.25. The van der Waals surface area contributed by atoms with Gasteiger partial charge in [-0.15, -0.1) is 0 Å². The number of ether oxygens (including phenoxy) is 1. The van der Waals surface area contributed by atoms with Crippen molar-refractivity contribution in [1.82, 2.24) is 19.6 Å². The maximum Gasteiger partial charge on any atom is 0.410 e. The molecule has 0 aromatic heterocycles. The van der Waals surface area contributed by atoms with Crippen LogP contribution in [-0.2, 0) is 22.5 Å². The third-order valence-corrected chi connectivity index (χ3v) is 7.28. The Hall–Kier alpha value is -3.20. The number of carbonyl (C=O) groups is 3. The summed E-state index contributed by atoms with van der Waals surface area (Å²) in [6.45, 7) is 11.2. The van der Waals surface area contributed by atoms with Crippen molar-refractivity contribution in [3.05, 3.63) is 47.2 Å². The van der Waals surface area contributed by atoms with Gasteiger partial charge in [0.25, 0.3) is 11.8 Å². The molecule has 192 valence electrons. The van der Waals surface area contributed by atoms with Gasteiger partial charge in [-0.2, -0.15) is 0 Å². The van der Waals surface area contributed by atoms with E-state index in [4.69, 9.17) is 4.74 Å². The summed E-state index contributed by atoms with van der Waals surface area (Å²) in [7, 11) is 0. The van der Waals surface area contributed by atoms with Gasteiger partial charge < -0.3 is 19.4 Å². The summed E-state index contributed by atoms with van der Waals surface area (Å²) in [6, 6.07) is 6.17. The Morgan fingerprint density at radius 3 is 2.33 bits per heavy atom. The van der Waals surface area contributed by atoms with Crippen molar-refractivity contribution >= 4 is 23.6 Å². The standard InChI is InChI=1S/C27H35N5O4/c1-27(2,3)36-26(35)31-10-8-19-15-20(6-7-21(19)16-31)24(33)32-17-22(18-32)29-11-13-30(14-12-29)25(34)23-5-4-9-28-23/h4,6-7,9,15,22H,5,8,10-14,16-18H2,1-3H3. The van der Waals surface area contributed by atoms with Gasteiger partial charge in [-0.1, -0.05) is 12.1 Å². The van der Waals surface area contributed by atoms with Crippen molar-refractivity contribution in [1.29, 1.82) is 0 Å². The number of rotatable bonds is 3. The predicted octanol–water partition coefficient (Wildman–Crippen LogP) is 2.31. The first kappa shape index (κ1) is 24.5. The molecule has 0 bridgehead atoms. The molecule has 5 rings (SSSR count). The van der Waals surface area contributed by atoms with Gasteiger partial charge in [-0.05, 0) is 50.5 Å². The average molecular weight is 494 g/mol. The normalized spacial score (nSPS) is 20.6. The minimum absolute atomic E-state index is 0.0479. The molecular formula is C27H35N5O4. The van der Waals surface area contributed by atoms with Crippen molar-refractivity contribution in [2.45, 2.75) is 51.8 Å². The number of nitrogens with zero attached hydrogens (tertiary/aromatic N) is 5. The molecule has 3 amide bonds. The van der Waals surface area contributed by atoms with Crippen LogP contribution in [0.25, 0.3) is 0 Å². The van der Waals surface area contributed by atoms with Crippen molar-refractivity contribution in [2.75, 3.05) is 45.8 Å². The van der Waals surface area contributed by atoms with E-state index in [0.29, 0.717) is 69.4 Å². The number of likely N-dealkylation sites (tertiary alicyclic amines) is 1. The van der Waals surface area contributed by atoms with E-state index < -0.39 is 5.60 Å². The third-order valence-electron chi connectivity index (χ3n) is 7.28. The molecule has 36 heavy (non-hydrogen) atoms. The van der Waals surface area contributed by atoms with Crippen LogP contribution in [0, 0.1) is 0 Å². The number of allylic oxidation sites excluding steroid dienone is 1. The molecule has 2 saturated heterocycles. The van der Waals surface area contributed by atoms with Crippen molar-refractivity contribution < 1.29 is 19.1 Å². The smallest absolute Gasteiger partial charge is 0.410 e. The lowest BCUT2D eigenvalue weighted by Gasteiger charge is -2.48. The third kappa shape index (κ3) is 5.16. The van der Waals surface area contributed by atoms with Crippen LogP contribution in [0.3, 0.4) is 0 Å². The monoisotopic (exact) mass is 493 g/mol. The summed E-state index contributed by atoms with van der Waals surface area (Å²) < 4.78 is 5.50. The van der Waals surface area contributed by atoms with Gasteiger partial charge in [0.2, 0.25) is 0 Å². The SMILES string of the molecule is CC(C)(C)OC(=O)N1CCc2cc(C(=O)N3CC(N4CCN(C(=O)C5=NC=CC5)CC4)C3)ccc2C1. The Balaban J connectivity index is 1.10. The van der Waals surface area contributed by atoms with Crippen LogP contribution in [0.5, 0.6) is 0 Å². The van der Waals surface area contributed by atoms with Crippen LogP contribution >= 0.6 is 0 Å². The van der Waals surface area contributed by atoms with Gasteiger partial charge in [-0.25, -0.2) is 4.79 Å². The fraction of sp³-hybridized carbons (Fsp3) is 0.556. The highest BCUT2D eigenvalue weighted by molar-refractivity contribution is 6.39. The highest BCUT2D eigenvalue weighted by atomic mass is 16.6. The van der Waals surface area contributed by atoms with Crippen molar-refractivity contribution in [3.8, 4) is 0 Å². The van der Waals surface area contributed by atoms with Gasteiger partial charge in [-0.3, -0.25) is 19.5 Å². The number of carbonyl (C=O) groups excluding carboxylic acids is 3. The molecule has 0 saturated carbocycles. The average Bonchev–Trinajstić information content (AvgIpc) is 3.36. The van der Waals surface area contributed by atoms with Gasteiger partial charge in [0.05, 0.1) is 0 Å². The number of aliphatic imine (C=N–C) groups is 1. The molecule has 0 atom stereocenters.